The van der Waals surface area contributed by atoms with E-state index in [9.17, 15) is 28.4 Å². The summed E-state index contributed by atoms with van der Waals surface area (Å²) >= 11 is 0. The third-order valence-electron chi connectivity index (χ3n) is 10.2. The number of nitrogens with zero attached hydrogens (tertiary/aromatic N) is 3. The Morgan fingerprint density at radius 2 is 1.53 bits per heavy atom. The number of aromatic nitrogens is 2. The first-order chi connectivity index (χ1) is 29.7. The normalized spacial score (nSPS) is 12.9. The lowest BCUT2D eigenvalue weighted by molar-refractivity contribution is -0.131. The molecule has 14 nitrogen and oxygen atoms in total. The van der Waals surface area contributed by atoms with Crippen LogP contribution in [0.2, 0.25) is 0 Å². The van der Waals surface area contributed by atoms with Gasteiger partial charge in [-0.05, 0) is 79.8 Å². The first-order valence-corrected chi connectivity index (χ1v) is 20.5. The summed E-state index contributed by atoms with van der Waals surface area (Å²) < 4.78 is 41.5. The number of aromatic amines is 1. The molecule has 4 N–H and O–H groups in total. The molecule has 16 heteroatoms. The lowest BCUT2D eigenvalue weighted by atomic mass is 9.99. The fourth-order valence-corrected chi connectivity index (χ4v) is 7.04. The number of fused-ring (bicyclic) bond motifs is 1. The van der Waals surface area contributed by atoms with E-state index in [1.54, 1.807) is 62.1 Å². The van der Waals surface area contributed by atoms with Crippen molar-refractivity contribution < 1.29 is 37.4 Å². The van der Waals surface area contributed by atoms with Gasteiger partial charge in [0.2, 0.25) is 5.91 Å². The van der Waals surface area contributed by atoms with Crippen molar-refractivity contribution >= 4 is 40.3 Å². The Kier molecular flexibility index (Phi) is 14.8. The van der Waals surface area contributed by atoms with Gasteiger partial charge in [0.05, 0.1) is 47.7 Å². The van der Waals surface area contributed by atoms with E-state index in [1.807, 2.05) is 31.2 Å². The molecule has 62 heavy (non-hydrogen) atoms. The van der Waals surface area contributed by atoms with Crippen LogP contribution in [0.4, 0.5) is 19.3 Å². The van der Waals surface area contributed by atoms with Crippen LogP contribution in [0, 0.1) is 11.6 Å². The minimum Gasteiger partial charge on any atom is -0.444 e. The number of benzene rings is 4. The van der Waals surface area contributed by atoms with Crippen LogP contribution in [0.5, 0.6) is 0 Å². The number of amides is 4. The first kappa shape index (κ1) is 45.0. The fourth-order valence-electron chi connectivity index (χ4n) is 7.04. The Morgan fingerprint density at radius 1 is 0.806 bits per heavy atom. The van der Waals surface area contributed by atoms with Gasteiger partial charge in [0.1, 0.15) is 17.2 Å². The summed E-state index contributed by atoms with van der Waals surface area (Å²) in [7, 11) is 0. The maximum absolute atomic E-state index is 15.6. The highest BCUT2D eigenvalue weighted by Gasteiger charge is 2.27. The van der Waals surface area contributed by atoms with Crippen molar-refractivity contribution in [2.24, 2.45) is 0 Å². The number of piperazine rings is 1. The number of hydrogen-bond acceptors (Lipinski definition) is 9. The van der Waals surface area contributed by atoms with Crippen LogP contribution in [0.15, 0.2) is 83.7 Å². The number of rotatable bonds is 15. The Bertz CT molecular complexity index is 2500. The summed E-state index contributed by atoms with van der Waals surface area (Å²) in [5.41, 5.74) is 1.92. The molecule has 0 saturated carbocycles. The van der Waals surface area contributed by atoms with Crippen molar-refractivity contribution in [2.75, 3.05) is 64.3 Å². The van der Waals surface area contributed by atoms with E-state index in [2.05, 4.69) is 26.1 Å². The van der Waals surface area contributed by atoms with Crippen LogP contribution in [0.1, 0.15) is 65.2 Å². The molecule has 0 bridgehead atoms. The third kappa shape index (κ3) is 11.6. The molecule has 1 aliphatic rings. The van der Waals surface area contributed by atoms with Crippen LogP contribution in [-0.4, -0.2) is 108 Å². The molecule has 0 atom stereocenters. The van der Waals surface area contributed by atoms with Crippen LogP contribution in [0.3, 0.4) is 0 Å². The lowest BCUT2D eigenvalue weighted by Crippen LogP contribution is -2.52. The van der Waals surface area contributed by atoms with Gasteiger partial charge >= 0.3 is 6.09 Å². The molecule has 1 saturated heterocycles. The summed E-state index contributed by atoms with van der Waals surface area (Å²) in [5, 5.41) is 16.1. The molecule has 0 radical (unpaired) electrons. The van der Waals surface area contributed by atoms with Gasteiger partial charge < -0.3 is 29.9 Å². The zero-order valence-electron chi connectivity index (χ0n) is 35.2. The summed E-state index contributed by atoms with van der Waals surface area (Å²) in [6.07, 6.45) is 0.222. The van der Waals surface area contributed by atoms with Gasteiger partial charge in [-0.2, -0.15) is 5.10 Å². The highest BCUT2D eigenvalue weighted by molar-refractivity contribution is 6.04. The van der Waals surface area contributed by atoms with Crippen molar-refractivity contribution in [1.29, 1.82) is 0 Å². The van der Waals surface area contributed by atoms with E-state index in [1.165, 1.54) is 23.1 Å². The average Bonchev–Trinajstić information content (AvgIpc) is 3.25. The summed E-state index contributed by atoms with van der Waals surface area (Å²) in [5.74, 6) is -2.86. The van der Waals surface area contributed by atoms with E-state index in [4.69, 9.17) is 9.47 Å². The van der Waals surface area contributed by atoms with E-state index >= 15 is 4.39 Å². The monoisotopic (exact) mass is 851 g/mol. The van der Waals surface area contributed by atoms with Crippen molar-refractivity contribution in [3.63, 3.8) is 0 Å². The molecule has 0 aliphatic carbocycles. The van der Waals surface area contributed by atoms with Gasteiger partial charge in [0.15, 0.2) is 0 Å². The maximum atomic E-state index is 15.6. The number of H-pyrrole nitrogens is 1. The topological polar surface area (TPSA) is 175 Å². The summed E-state index contributed by atoms with van der Waals surface area (Å²) in [4.78, 5) is 67.6. The second kappa shape index (κ2) is 20.4. The summed E-state index contributed by atoms with van der Waals surface area (Å²) in [6.45, 7) is 8.84. The predicted octanol–water partition coefficient (Wildman–Crippen LogP) is 5.69. The smallest absolute Gasteiger partial charge is 0.412 e. The second-order valence-corrected chi connectivity index (χ2v) is 15.8. The third-order valence-corrected chi connectivity index (χ3v) is 10.2. The molecule has 1 aromatic heterocycles. The zero-order chi connectivity index (χ0) is 44.4. The molecule has 326 valence electrons. The minimum atomic E-state index is -0.833. The molecule has 1 fully saturated rings. The Morgan fingerprint density at radius 3 is 2.27 bits per heavy atom. The van der Waals surface area contributed by atoms with Gasteiger partial charge in [-0.25, -0.2) is 18.7 Å². The fraction of sp³-hybridized carbons (Fsp3) is 0.348. The molecule has 4 amide bonds. The van der Waals surface area contributed by atoms with Gasteiger partial charge in [0.25, 0.3) is 17.4 Å². The van der Waals surface area contributed by atoms with Gasteiger partial charge in [-0.3, -0.25) is 24.5 Å². The number of anilines is 1. The maximum Gasteiger partial charge on any atom is 0.412 e. The van der Waals surface area contributed by atoms with Crippen molar-refractivity contribution in [3.8, 4) is 11.1 Å². The van der Waals surface area contributed by atoms with Gasteiger partial charge in [-0.15, -0.1) is 0 Å². The Hall–Kier alpha value is -6.52. The van der Waals surface area contributed by atoms with Gasteiger partial charge in [0, 0.05) is 51.1 Å². The van der Waals surface area contributed by atoms with Crippen LogP contribution in [0.25, 0.3) is 21.9 Å². The molecule has 0 spiro atoms. The number of carbonyl (C=O) groups is 4. The summed E-state index contributed by atoms with van der Waals surface area (Å²) in [6, 6.07) is 21.8. The number of hydrogen-bond donors (Lipinski definition) is 4. The van der Waals surface area contributed by atoms with E-state index in [-0.39, 0.29) is 87.2 Å². The average molecular weight is 852 g/mol. The van der Waals surface area contributed by atoms with Crippen molar-refractivity contribution in [2.45, 2.75) is 46.1 Å². The Labute approximate surface area is 358 Å². The largest absolute Gasteiger partial charge is 0.444 e. The van der Waals surface area contributed by atoms with E-state index in [0.29, 0.717) is 34.1 Å². The number of ether oxygens (including phenoxy) is 2. The van der Waals surface area contributed by atoms with Crippen molar-refractivity contribution in [3.05, 3.63) is 129 Å². The van der Waals surface area contributed by atoms with E-state index in [0.717, 1.165) is 17.5 Å². The SMILES string of the molecule is CCc1cccc(-c2cc(F)c(C(=O)NCCOCCNCC(=O)N3CCN(C(=O)c4cc(Cc5n[nH]c(=O)c6ccccc56)ccc4F)CC3)c(NC(=O)OC(C)(C)C)c2)c1. The van der Waals surface area contributed by atoms with Crippen LogP contribution >= 0.6 is 0 Å². The Balaban J connectivity index is 0.926. The zero-order valence-corrected chi connectivity index (χ0v) is 35.2. The molecule has 1 aliphatic heterocycles. The van der Waals surface area contributed by atoms with Gasteiger partial charge in [-0.1, -0.05) is 55.5 Å². The number of aryl methyl sites for hydroxylation is 1. The molecule has 5 aromatic rings. The molecular weight excluding hydrogens is 801 g/mol. The van der Waals surface area contributed by atoms with Crippen LogP contribution < -0.4 is 21.5 Å². The minimum absolute atomic E-state index is 0.0314. The van der Waals surface area contributed by atoms with E-state index < -0.39 is 35.1 Å². The second-order valence-electron chi connectivity index (χ2n) is 15.8. The molecular formula is C46H51F2N7O7. The molecule has 4 aromatic carbocycles. The van der Waals surface area contributed by atoms with Crippen molar-refractivity contribution in [1.82, 2.24) is 30.6 Å². The molecule has 2 heterocycles. The highest BCUT2D eigenvalue weighted by atomic mass is 19.1. The number of halogens is 2. The highest BCUT2D eigenvalue weighted by Crippen LogP contribution is 2.30. The van der Waals surface area contributed by atoms with Crippen LogP contribution in [-0.2, 0) is 27.1 Å². The quantitative estimate of drug-likeness (QED) is 0.0966. The molecule has 6 rings (SSSR count). The number of nitrogens with one attached hydrogen (secondary N) is 4. The standard InChI is InChI=1S/C46H51F2N7O7/c1-5-29-9-8-10-31(23-29)32-26-37(48)41(39(27-32)51-45(60)62-46(2,3)4)43(58)50-16-22-61-21-15-49-28-40(56)54-17-19-55(20-18-54)44(59)35-24-30(13-14-36(35)47)25-38-33-11-6-7-12-34(33)42(57)53-52-38/h6-14,23-24,26-27,49H,5,15-22,25,28H2,1-4H3,(H,50,58)(H,51,60)(H,53,57). The molecule has 0 unspecified atom stereocenters. The first-order valence-electron chi connectivity index (χ1n) is 20.5. The lowest BCUT2D eigenvalue weighted by Gasteiger charge is -2.35. The predicted molar refractivity (Wildman–Crippen MR) is 231 cm³/mol. The number of carbonyl (C=O) groups excluding carboxylic acids is 4.